The van der Waals surface area contributed by atoms with Crippen molar-refractivity contribution >= 4 is 5.91 Å². The first-order valence-electron chi connectivity index (χ1n) is 8.74. The first kappa shape index (κ1) is 17.2. The summed E-state index contributed by atoms with van der Waals surface area (Å²) in [4.78, 5) is 14.0. The largest absolute Gasteiger partial charge is 0.497 e. The summed E-state index contributed by atoms with van der Waals surface area (Å²) in [5, 5.41) is 3.08. The monoisotopic (exact) mass is 332 g/mol. The van der Waals surface area contributed by atoms with Gasteiger partial charge >= 0.3 is 0 Å². The van der Waals surface area contributed by atoms with E-state index in [0.717, 1.165) is 38.2 Å². The smallest absolute Gasteiger partial charge is 0.217 e. The Morgan fingerprint density at radius 2 is 2.00 bits per heavy atom. The lowest BCUT2D eigenvalue weighted by Crippen LogP contribution is -2.49. The van der Waals surface area contributed by atoms with Crippen LogP contribution in [0, 0.1) is 11.8 Å². The quantitative estimate of drug-likeness (QED) is 0.897. The summed E-state index contributed by atoms with van der Waals surface area (Å²) in [6, 6.07) is 8.44. The van der Waals surface area contributed by atoms with Crippen LogP contribution in [0.15, 0.2) is 24.3 Å². The van der Waals surface area contributed by atoms with Gasteiger partial charge in [0.15, 0.2) is 0 Å². The second-order valence-electron chi connectivity index (χ2n) is 7.12. The summed E-state index contributed by atoms with van der Waals surface area (Å²) < 4.78 is 11.0. The Morgan fingerprint density at radius 1 is 1.25 bits per heavy atom. The Balaban J connectivity index is 1.62. The van der Waals surface area contributed by atoms with E-state index in [1.807, 2.05) is 12.1 Å². The lowest BCUT2D eigenvalue weighted by molar-refractivity contribution is -0.121. The zero-order chi connectivity index (χ0) is 17.1. The molecule has 1 amide bonds. The van der Waals surface area contributed by atoms with Gasteiger partial charge in [-0.25, -0.2) is 0 Å². The van der Waals surface area contributed by atoms with Crippen LogP contribution in [0.3, 0.4) is 0 Å². The molecule has 1 aromatic carbocycles. The first-order chi connectivity index (χ1) is 11.6. The van der Waals surface area contributed by atoms with E-state index in [2.05, 4.69) is 22.3 Å². The van der Waals surface area contributed by atoms with Crippen LogP contribution in [0.2, 0.25) is 0 Å². The summed E-state index contributed by atoms with van der Waals surface area (Å²) in [7, 11) is 3.46. The molecule has 132 valence electrons. The molecule has 1 aliphatic heterocycles. The number of carbonyl (C=O) groups is 1. The number of methoxy groups -OCH3 is 2. The number of hydrogen-bond donors (Lipinski definition) is 1. The number of nitrogens with zero attached hydrogens (tertiary/aromatic N) is 1. The number of nitrogens with one attached hydrogen (secondary N) is 1. The van der Waals surface area contributed by atoms with Gasteiger partial charge in [0.1, 0.15) is 5.75 Å². The summed E-state index contributed by atoms with van der Waals surface area (Å²) in [6.45, 7) is 4.73. The molecule has 2 aliphatic rings. The highest BCUT2D eigenvalue weighted by atomic mass is 16.5. The van der Waals surface area contributed by atoms with Gasteiger partial charge in [-0.15, -0.1) is 0 Å². The van der Waals surface area contributed by atoms with Crippen molar-refractivity contribution in [2.24, 2.45) is 11.8 Å². The summed E-state index contributed by atoms with van der Waals surface area (Å²) in [5.41, 5.74) is 1.29. The number of carbonyl (C=O) groups excluding carboxylic acids is 1. The molecule has 0 unspecified atom stereocenters. The molecule has 0 aromatic heterocycles. The van der Waals surface area contributed by atoms with Gasteiger partial charge in [0.2, 0.25) is 5.91 Å². The molecule has 0 spiro atoms. The maximum absolute atomic E-state index is 11.4. The third-order valence-corrected chi connectivity index (χ3v) is 5.42. The summed E-state index contributed by atoms with van der Waals surface area (Å²) >= 11 is 0. The average Bonchev–Trinajstić information content (AvgIpc) is 2.94. The minimum atomic E-state index is 0.0340. The van der Waals surface area contributed by atoms with E-state index < -0.39 is 0 Å². The van der Waals surface area contributed by atoms with Crippen LogP contribution in [0.5, 0.6) is 5.75 Å². The number of hydrogen-bond acceptors (Lipinski definition) is 4. The third kappa shape index (κ3) is 3.90. The molecule has 1 N–H and O–H groups in total. The third-order valence-electron chi connectivity index (χ3n) is 5.42. The highest BCUT2D eigenvalue weighted by Crippen LogP contribution is 2.38. The van der Waals surface area contributed by atoms with Crippen molar-refractivity contribution in [3.8, 4) is 5.75 Å². The molecule has 5 nitrogen and oxygen atoms in total. The standard InChI is InChI=1S/C19H28N2O3/c1-13(22)20-18-8-15-11-21(12-16(15)9-19(18)24-3)10-14-5-4-6-17(7-14)23-2/h4-7,15-16,18-19H,8-12H2,1-3H3,(H,20,22)/t15-,16+,18-,19-/m1/s1. The van der Waals surface area contributed by atoms with Gasteiger partial charge in [-0.1, -0.05) is 12.1 Å². The van der Waals surface area contributed by atoms with Crippen LogP contribution in [0.4, 0.5) is 0 Å². The number of benzene rings is 1. The summed E-state index contributed by atoms with van der Waals surface area (Å²) in [6.07, 6.45) is 2.17. The zero-order valence-corrected chi connectivity index (χ0v) is 14.8. The molecular weight excluding hydrogens is 304 g/mol. The highest BCUT2D eigenvalue weighted by molar-refractivity contribution is 5.73. The predicted molar refractivity (Wildman–Crippen MR) is 92.9 cm³/mol. The van der Waals surface area contributed by atoms with Crippen LogP contribution in [-0.2, 0) is 16.1 Å². The maximum Gasteiger partial charge on any atom is 0.217 e. The van der Waals surface area contributed by atoms with Crippen LogP contribution in [0.1, 0.15) is 25.3 Å². The second-order valence-corrected chi connectivity index (χ2v) is 7.12. The van der Waals surface area contributed by atoms with Crippen molar-refractivity contribution in [2.75, 3.05) is 27.3 Å². The van der Waals surface area contributed by atoms with Crippen molar-refractivity contribution in [2.45, 2.75) is 38.5 Å². The van der Waals surface area contributed by atoms with Crippen LogP contribution in [-0.4, -0.2) is 50.3 Å². The van der Waals surface area contributed by atoms with Gasteiger partial charge in [-0.05, 0) is 42.4 Å². The lowest BCUT2D eigenvalue weighted by Gasteiger charge is -2.37. The number of ether oxygens (including phenoxy) is 2. The fourth-order valence-electron chi connectivity index (χ4n) is 4.34. The molecular formula is C19H28N2O3. The van der Waals surface area contributed by atoms with Gasteiger partial charge in [-0.2, -0.15) is 0 Å². The molecule has 2 fully saturated rings. The highest BCUT2D eigenvalue weighted by Gasteiger charge is 2.42. The molecule has 24 heavy (non-hydrogen) atoms. The van der Waals surface area contributed by atoms with Crippen molar-refractivity contribution in [1.29, 1.82) is 0 Å². The fourth-order valence-corrected chi connectivity index (χ4v) is 4.34. The van der Waals surface area contributed by atoms with E-state index in [9.17, 15) is 4.79 Å². The van der Waals surface area contributed by atoms with Crippen molar-refractivity contribution in [3.63, 3.8) is 0 Å². The Hall–Kier alpha value is -1.59. The van der Waals surface area contributed by atoms with E-state index in [1.54, 1.807) is 21.1 Å². The molecule has 3 rings (SSSR count). The molecule has 1 aromatic rings. The molecule has 0 radical (unpaired) electrons. The van der Waals surface area contributed by atoms with Gasteiger partial charge < -0.3 is 14.8 Å². The molecule has 1 heterocycles. The lowest BCUT2D eigenvalue weighted by atomic mass is 9.77. The number of amides is 1. The van der Waals surface area contributed by atoms with E-state index >= 15 is 0 Å². The van der Waals surface area contributed by atoms with Crippen LogP contribution >= 0.6 is 0 Å². The molecule has 4 atom stereocenters. The average molecular weight is 332 g/mol. The second kappa shape index (κ2) is 7.53. The van der Waals surface area contributed by atoms with Crippen molar-refractivity contribution < 1.29 is 14.3 Å². The molecule has 0 bridgehead atoms. The van der Waals surface area contributed by atoms with Crippen LogP contribution < -0.4 is 10.1 Å². The van der Waals surface area contributed by atoms with Gasteiger partial charge in [0.25, 0.3) is 0 Å². The van der Waals surface area contributed by atoms with Gasteiger partial charge in [0, 0.05) is 33.7 Å². The van der Waals surface area contributed by atoms with Crippen molar-refractivity contribution in [3.05, 3.63) is 29.8 Å². The topological polar surface area (TPSA) is 50.8 Å². The van der Waals surface area contributed by atoms with E-state index in [1.165, 1.54) is 5.56 Å². The summed E-state index contributed by atoms with van der Waals surface area (Å²) in [5.74, 6) is 2.24. The van der Waals surface area contributed by atoms with Gasteiger partial charge in [-0.3, -0.25) is 9.69 Å². The first-order valence-corrected chi connectivity index (χ1v) is 8.74. The Kier molecular flexibility index (Phi) is 5.41. The van der Waals surface area contributed by atoms with Gasteiger partial charge in [0.05, 0.1) is 19.3 Å². The van der Waals surface area contributed by atoms with Crippen LogP contribution in [0.25, 0.3) is 0 Å². The SMILES string of the molecule is COc1cccc(CN2C[C@H]3C[C@@H](NC(C)=O)[C@H](OC)C[C@H]3C2)c1. The molecule has 1 aliphatic carbocycles. The Morgan fingerprint density at radius 3 is 2.67 bits per heavy atom. The predicted octanol–water partition coefficient (Wildman–Crippen LogP) is 2.06. The maximum atomic E-state index is 11.4. The fraction of sp³-hybridized carbons (Fsp3) is 0.632. The van der Waals surface area contributed by atoms with Crippen molar-refractivity contribution in [1.82, 2.24) is 10.2 Å². The minimum Gasteiger partial charge on any atom is -0.497 e. The molecule has 1 saturated carbocycles. The number of fused-ring (bicyclic) bond motifs is 1. The van der Waals surface area contributed by atoms with E-state index in [4.69, 9.17) is 9.47 Å². The number of rotatable bonds is 5. The molecule has 1 saturated heterocycles. The van der Waals surface area contributed by atoms with E-state index in [0.29, 0.717) is 11.8 Å². The number of likely N-dealkylation sites (tertiary alicyclic amines) is 1. The van der Waals surface area contributed by atoms with E-state index in [-0.39, 0.29) is 18.1 Å². The molecule has 5 heteroatoms. The normalized spacial score (nSPS) is 30.0. The Bertz CT molecular complexity index is 577. The minimum absolute atomic E-state index is 0.0340. The zero-order valence-electron chi connectivity index (χ0n) is 14.8. The Labute approximate surface area is 144 Å².